The Balaban J connectivity index is 1.97. The summed E-state index contributed by atoms with van der Waals surface area (Å²) in [4.78, 5) is 13.7. The highest BCUT2D eigenvalue weighted by Crippen LogP contribution is 2.63. The minimum atomic E-state index is -1.33. The largest absolute Gasteiger partial charge is 0.495 e. The molecule has 0 aliphatic carbocycles. The van der Waals surface area contributed by atoms with E-state index in [0.717, 1.165) is 0 Å². The lowest BCUT2D eigenvalue weighted by Crippen LogP contribution is -2.47. The monoisotopic (exact) mass is 413 g/mol. The van der Waals surface area contributed by atoms with Crippen LogP contribution >= 0.6 is 0 Å². The van der Waals surface area contributed by atoms with Crippen LogP contribution < -0.4 is 10.1 Å². The van der Waals surface area contributed by atoms with Gasteiger partial charge in [0.15, 0.2) is 17.4 Å². The van der Waals surface area contributed by atoms with Gasteiger partial charge in [-0.3, -0.25) is 4.79 Å². The van der Waals surface area contributed by atoms with Gasteiger partial charge in [0, 0.05) is 12.8 Å². The smallest absolute Gasteiger partial charge is 0.236 e. The van der Waals surface area contributed by atoms with Gasteiger partial charge in [-0.1, -0.05) is 24.0 Å². The molecule has 7 heteroatoms. The normalized spacial score (nSPS) is 34.6. The topological polar surface area (TPSA) is 75.3 Å². The van der Waals surface area contributed by atoms with Crippen molar-refractivity contribution in [1.29, 1.82) is 0 Å². The molecular weight excluding hydrogens is 386 g/mol. The number of benzene rings is 1. The molecule has 0 radical (unpaired) electrons. The van der Waals surface area contributed by atoms with Gasteiger partial charge in [0.05, 0.1) is 12.8 Å². The van der Waals surface area contributed by atoms with Gasteiger partial charge in [0.1, 0.15) is 24.4 Å². The zero-order chi connectivity index (χ0) is 22.0. The van der Waals surface area contributed by atoms with Crippen LogP contribution in [-0.2, 0) is 23.7 Å². The number of para-hydroxylation sites is 2. The number of hydrogen-bond acceptors (Lipinski definition) is 6. The van der Waals surface area contributed by atoms with Crippen LogP contribution in [0.5, 0.6) is 5.75 Å². The van der Waals surface area contributed by atoms with Gasteiger partial charge in [-0.2, -0.15) is 0 Å². The molecule has 0 aromatic heterocycles. The van der Waals surface area contributed by atoms with E-state index in [1.165, 1.54) is 0 Å². The molecule has 2 atom stereocenters. The van der Waals surface area contributed by atoms with E-state index < -0.39 is 22.8 Å². The summed E-state index contributed by atoms with van der Waals surface area (Å²) in [6.07, 6.45) is 11.1. The summed E-state index contributed by atoms with van der Waals surface area (Å²) in [6, 6.07) is 7.16. The molecular formula is C23H27NO6. The Morgan fingerprint density at radius 1 is 1.07 bits per heavy atom. The second kappa shape index (κ2) is 7.94. The fourth-order valence-electron chi connectivity index (χ4n) is 4.50. The van der Waals surface area contributed by atoms with Gasteiger partial charge in [0.2, 0.25) is 5.91 Å². The fraction of sp³-hybridized carbons (Fsp3) is 0.522. The molecule has 160 valence electrons. The third kappa shape index (κ3) is 3.78. The molecule has 1 amide bonds. The molecule has 2 heterocycles. The van der Waals surface area contributed by atoms with Crippen LogP contribution in [0.3, 0.4) is 0 Å². The van der Waals surface area contributed by atoms with Gasteiger partial charge >= 0.3 is 0 Å². The van der Waals surface area contributed by atoms with Crippen molar-refractivity contribution in [3.8, 4) is 30.4 Å². The predicted molar refractivity (Wildman–Crippen MR) is 110 cm³/mol. The van der Waals surface area contributed by atoms with Gasteiger partial charge in [-0.25, -0.2) is 0 Å². The van der Waals surface area contributed by atoms with Crippen molar-refractivity contribution < 1.29 is 28.5 Å². The molecule has 30 heavy (non-hydrogen) atoms. The van der Waals surface area contributed by atoms with Crippen molar-refractivity contribution in [2.45, 2.75) is 51.0 Å². The van der Waals surface area contributed by atoms with Crippen LogP contribution in [0, 0.1) is 30.1 Å². The Labute approximate surface area is 177 Å². The van der Waals surface area contributed by atoms with Crippen molar-refractivity contribution in [3.63, 3.8) is 0 Å². The highest BCUT2D eigenvalue weighted by Gasteiger charge is 2.74. The van der Waals surface area contributed by atoms with Crippen LogP contribution in [0.25, 0.3) is 0 Å². The Kier molecular flexibility index (Phi) is 5.86. The minimum absolute atomic E-state index is 0.0433. The van der Waals surface area contributed by atoms with Gasteiger partial charge in [-0.15, -0.1) is 12.8 Å². The lowest BCUT2D eigenvalue weighted by Gasteiger charge is -2.33. The van der Waals surface area contributed by atoms with Crippen LogP contribution in [0.15, 0.2) is 24.3 Å². The van der Waals surface area contributed by atoms with Gasteiger partial charge in [-0.05, 0) is 32.9 Å². The van der Waals surface area contributed by atoms with E-state index in [1.807, 2.05) is 12.1 Å². The quantitative estimate of drug-likeness (QED) is 0.693. The summed E-state index contributed by atoms with van der Waals surface area (Å²) in [5, 5.41) is 2.96. The third-order valence-electron chi connectivity index (χ3n) is 5.65. The van der Waals surface area contributed by atoms with Crippen molar-refractivity contribution in [1.82, 2.24) is 0 Å². The third-order valence-corrected chi connectivity index (χ3v) is 5.65. The first-order valence-electron chi connectivity index (χ1n) is 9.64. The van der Waals surface area contributed by atoms with Gasteiger partial charge in [0.25, 0.3) is 0 Å². The first kappa shape index (κ1) is 22.1. The average molecular weight is 413 g/mol. The van der Waals surface area contributed by atoms with E-state index in [2.05, 4.69) is 17.2 Å². The molecule has 0 unspecified atom stereocenters. The second-order valence-corrected chi connectivity index (χ2v) is 7.99. The Bertz CT molecular complexity index is 864. The summed E-state index contributed by atoms with van der Waals surface area (Å²) >= 11 is 0. The summed E-state index contributed by atoms with van der Waals surface area (Å²) in [5.74, 6) is 1.57. The molecule has 0 bridgehead atoms. The number of rotatable bonds is 7. The standard InChI is InChI=1S/C23H27NO6/c1-7-13-27-20(3)15-23(19(25)24-17-11-9-10-12-18(17)26-6)16-21(4,28-14-8-2)30-22(23,5)29-20/h1-2,9-12H,13-16H2,3-6H3,(H,24,25)/t20-,21-,22?,23?/m0/s1. The minimum Gasteiger partial charge on any atom is -0.495 e. The van der Waals surface area contributed by atoms with Crippen molar-refractivity contribution in [2.24, 2.45) is 5.41 Å². The number of fused-ring (bicyclic) bond motifs is 1. The summed E-state index contributed by atoms with van der Waals surface area (Å²) < 4.78 is 29.2. The first-order valence-corrected chi connectivity index (χ1v) is 9.64. The lowest BCUT2D eigenvalue weighted by atomic mass is 9.74. The van der Waals surface area contributed by atoms with Gasteiger partial charge < -0.3 is 29.0 Å². The summed E-state index contributed by atoms with van der Waals surface area (Å²) in [6.45, 7) is 5.29. The molecule has 2 fully saturated rings. The van der Waals surface area contributed by atoms with Crippen LogP contribution in [-0.4, -0.2) is 43.6 Å². The van der Waals surface area contributed by atoms with Crippen molar-refractivity contribution >= 4 is 11.6 Å². The number of anilines is 1. The van der Waals surface area contributed by atoms with E-state index in [0.29, 0.717) is 11.4 Å². The predicted octanol–water partition coefficient (Wildman–Crippen LogP) is 2.91. The number of methoxy groups -OCH3 is 1. The fourth-order valence-corrected chi connectivity index (χ4v) is 4.50. The molecule has 2 aliphatic heterocycles. The molecule has 1 N–H and O–H groups in total. The number of carbonyl (C=O) groups excluding carboxylic acids is 1. The zero-order valence-electron chi connectivity index (χ0n) is 17.7. The Morgan fingerprint density at radius 3 is 2.10 bits per heavy atom. The van der Waals surface area contributed by atoms with Crippen molar-refractivity contribution in [2.75, 3.05) is 25.6 Å². The maximum absolute atomic E-state index is 13.7. The van der Waals surface area contributed by atoms with Crippen molar-refractivity contribution in [3.05, 3.63) is 24.3 Å². The van der Waals surface area contributed by atoms with Crippen LogP contribution in [0.2, 0.25) is 0 Å². The zero-order valence-corrected chi connectivity index (χ0v) is 17.7. The molecule has 3 rings (SSSR count). The average Bonchev–Trinajstić information content (AvgIpc) is 3.05. The number of hydrogen-bond donors (Lipinski definition) is 1. The number of terminal acetylenes is 2. The number of carbonyl (C=O) groups is 1. The second-order valence-electron chi connectivity index (χ2n) is 7.99. The lowest BCUT2D eigenvalue weighted by molar-refractivity contribution is -0.351. The van der Waals surface area contributed by atoms with Crippen LogP contribution in [0.1, 0.15) is 33.6 Å². The molecule has 2 saturated heterocycles. The number of nitrogens with one attached hydrogen (secondary N) is 1. The highest BCUT2D eigenvalue weighted by molar-refractivity contribution is 5.98. The Hall–Kier alpha value is -2.55. The molecule has 7 nitrogen and oxygen atoms in total. The molecule has 0 saturated carbocycles. The van der Waals surface area contributed by atoms with E-state index in [4.69, 9.17) is 36.5 Å². The van der Waals surface area contributed by atoms with E-state index in [1.54, 1.807) is 40.0 Å². The Morgan fingerprint density at radius 2 is 1.60 bits per heavy atom. The van der Waals surface area contributed by atoms with Crippen LogP contribution in [0.4, 0.5) is 5.69 Å². The molecule has 1 aromatic rings. The SMILES string of the molecule is C#CCO[C@]1(C)CC2(C(=O)Nc3ccccc3OC)C[C@@](C)(OCC#C)OC2(C)O1. The molecule has 2 aliphatic rings. The molecule has 0 spiro atoms. The molecule has 1 aromatic carbocycles. The van der Waals surface area contributed by atoms with E-state index in [-0.39, 0.29) is 32.0 Å². The maximum Gasteiger partial charge on any atom is 0.236 e. The highest BCUT2D eigenvalue weighted by atomic mass is 16.8. The maximum atomic E-state index is 13.7. The number of ether oxygens (including phenoxy) is 5. The summed E-state index contributed by atoms with van der Waals surface area (Å²) in [5.41, 5.74) is -0.585. The van der Waals surface area contributed by atoms with E-state index in [9.17, 15) is 4.79 Å². The number of amides is 1. The summed E-state index contributed by atoms with van der Waals surface area (Å²) in [7, 11) is 1.54. The van der Waals surface area contributed by atoms with E-state index >= 15 is 0 Å². The first-order chi connectivity index (χ1) is 14.1.